The zero-order valence-electron chi connectivity index (χ0n) is 7.53. The number of hydrogen-bond donors (Lipinski definition) is 1. The number of carbonyl (C=O) groups is 1. The Morgan fingerprint density at radius 3 is 2.50 bits per heavy atom. The first-order valence-electron chi connectivity index (χ1n) is 3.66. The van der Waals surface area contributed by atoms with Crippen LogP contribution in [0.5, 0.6) is 0 Å². The van der Waals surface area contributed by atoms with Crippen LogP contribution >= 0.6 is 0 Å². The van der Waals surface area contributed by atoms with Crippen molar-refractivity contribution in [2.45, 2.75) is 0 Å². The van der Waals surface area contributed by atoms with Gasteiger partial charge in [0.05, 0.1) is 5.69 Å². The van der Waals surface area contributed by atoms with E-state index in [0.717, 1.165) is 0 Å². The second kappa shape index (κ2) is 2.89. The smallest absolute Gasteiger partial charge is 0.270 e. The van der Waals surface area contributed by atoms with Crippen molar-refractivity contribution in [3.05, 3.63) is 18.0 Å². The molecule has 0 aliphatic heterocycles. The Kier molecular flexibility index (Phi) is 2.08. The van der Waals surface area contributed by atoms with Crippen LogP contribution in [0.15, 0.2) is 12.3 Å². The lowest BCUT2D eigenvalue weighted by Gasteiger charge is -2.09. The van der Waals surface area contributed by atoms with Crippen LogP contribution in [0.1, 0.15) is 10.5 Å². The molecular weight excluding hydrogens is 154 g/mol. The number of hydrogen-bond acceptors (Lipinski definition) is 2. The van der Waals surface area contributed by atoms with Crippen LogP contribution in [-0.4, -0.2) is 29.5 Å². The van der Waals surface area contributed by atoms with Crippen molar-refractivity contribution in [1.82, 2.24) is 9.47 Å². The van der Waals surface area contributed by atoms with Gasteiger partial charge in [0.15, 0.2) is 0 Å². The van der Waals surface area contributed by atoms with Crippen molar-refractivity contribution in [2.75, 3.05) is 19.8 Å². The fourth-order valence-corrected chi connectivity index (χ4v) is 1.03. The molecule has 0 radical (unpaired) electrons. The number of aryl methyl sites for hydroxylation is 1. The molecule has 0 aliphatic carbocycles. The van der Waals surface area contributed by atoms with Crippen molar-refractivity contribution in [2.24, 2.45) is 7.05 Å². The van der Waals surface area contributed by atoms with Gasteiger partial charge in [0, 0.05) is 27.3 Å². The summed E-state index contributed by atoms with van der Waals surface area (Å²) in [5.74, 6) is -0.0331. The van der Waals surface area contributed by atoms with Crippen molar-refractivity contribution < 1.29 is 4.79 Å². The molecule has 2 N–H and O–H groups in total. The molecule has 12 heavy (non-hydrogen) atoms. The molecule has 4 nitrogen and oxygen atoms in total. The number of anilines is 1. The molecule has 0 aliphatic rings. The Hall–Kier alpha value is -1.45. The minimum atomic E-state index is -0.0331. The predicted molar refractivity (Wildman–Crippen MR) is 47.8 cm³/mol. The Morgan fingerprint density at radius 2 is 2.17 bits per heavy atom. The molecule has 0 saturated carbocycles. The summed E-state index contributed by atoms with van der Waals surface area (Å²) in [4.78, 5) is 13.0. The molecule has 0 unspecified atom stereocenters. The van der Waals surface area contributed by atoms with Gasteiger partial charge in [0.2, 0.25) is 0 Å². The van der Waals surface area contributed by atoms with Gasteiger partial charge in [-0.2, -0.15) is 0 Å². The molecule has 1 rings (SSSR count). The van der Waals surface area contributed by atoms with E-state index in [4.69, 9.17) is 5.73 Å². The van der Waals surface area contributed by atoms with Gasteiger partial charge in [-0.3, -0.25) is 4.79 Å². The maximum Gasteiger partial charge on any atom is 0.270 e. The van der Waals surface area contributed by atoms with Crippen LogP contribution in [0.3, 0.4) is 0 Å². The van der Waals surface area contributed by atoms with Gasteiger partial charge in [-0.1, -0.05) is 0 Å². The van der Waals surface area contributed by atoms with Gasteiger partial charge in [0.1, 0.15) is 5.69 Å². The zero-order chi connectivity index (χ0) is 9.30. The van der Waals surface area contributed by atoms with Gasteiger partial charge in [-0.05, 0) is 6.07 Å². The molecule has 4 heteroatoms. The summed E-state index contributed by atoms with van der Waals surface area (Å²) >= 11 is 0. The molecule has 0 atom stereocenters. The minimum absolute atomic E-state index is 0.0331. The lowest BCUT2D eigenvalue weighted by Crippen LogP contribution is -2.23. The minimum Gasteiger partial charge on any atom is -0.397 e. The maximum atomic E-state index is 11.4. The summed E-state index contributed by atoms with van der Waals surface area (Å²) in [7, 11) is 5.23. The second-order valence-corrected chi connectivity index (χ2v) is 2.97. The van der Waals surface area contributed by atoms with E-state index in [9.17, 15) is 4.79 Å². The van der Waals surface area contributed by atoms with Gasteiger partial charge in [-0.15, -0.1) is 0 Å². The highest BCUT2D eigenvalue weighted by molar-refractivity contribution is 5.93. The normalized spacial score (nSPS) is 9.92. The maximum absolute atomic E-state index is 11.4. The molecule has 66 valence electrons. The van der Waals surface area contributed by atoms with Crippen molar-refractivity contribution >= 4 is 11.6 Å². The first-order chi connectivity index (χ1) is 5.52. The molecule has 1 aromatic rings. The summed E-state index contributed by atoms with van der Waals surface area (Å²) in [5, 5.41) is 0. The standard InChI is InChI=1S/C8H13N3O/c1-10(2)8(12)7-4-6(9)5-11(7)3/h4-5H,9H2,1-3H3. The Balaban J connectivity index is 3.02. The third-order valence-corrected chi connectivity index (χ3v) is 1.65. The summed E-state index contributed by atoms with van der Waals surface area (Å²) < 4.78 is 1.72. The van der Waals surface area contributed by atoms with E-state index in [1.165, 1.54) is 4.90 Å². The van der Waals surface area contributed by atoms with Crippen LogP contribution < -0.4 is 5.73 Å². The Morgan fingerprint density at radius 1 is 1.58 bits per heavy atom. The van der Waals surface area contributed by atoms with Crippen LogP contribution in [0.2, 0.25) is 0 Å². The Labute approximate surface area is 71.6 Å². The van der Waals surface area contributed by atoms with E-state index in [0.29, 0.717) is 11.4 Å². The fraction of sp³-hybridized carbons (Fsp3) is 0.375. The van der Waals surface area contributed by atoms with Gasteiger partial charge < -0.3 is 15.2 Å². The highest BCUT2D eigenvalue weighted by Crippen LogP contribution is 2.09. The topological polar surface area (TPSA) is 51.3 Å². The molecule has 0 saturated heterocycles. The lowest BCUT2D eigenvalue weighted by molar-refractivity contribution is 0.0818. The lowest BCUT2D eigenvalue weighted by atomic mass is 10.4. The van der Waals surface area contributed by atoms with E-state index in [2.05, 4.69) is 0 Å². The number of rotatable bonds is 1. The van der Waals surface area contributed by atoms with Gasteiger partial charge in [-0.25, -0.2) is 0 Å². The molecule has 1 heterocycles. The quantitative estimate of drug-likeness (QED) is 0.654. The van der Waals surface area contributed by atoms with E-state index in [-0.39, 0.29) is 5.91 Å². The average Bonchev–Trinajstić information content (AvgIpc) is 2.28. The SMILES string of the molecule is CN(C)C(=O)c1cc(N)cn1C. The summed E-state index contributed by atoms with van der Waals surface area (Å²) in [6.07, 6.45) is 1.72. The molecule has 0 aromatic carbocycles. The molecule has 0 fully saturated rings. The zero-order valence-corrected chi connectivity index (χ0v) is 7.53. The number of amides is 1. The molecule has 0 spiro atoms. The van der Waals surface area contributed by atoms with Crippen molar-refractivity contribution in [3.63, 3.8) is 0 Å². The molecular formula is C8H13N3O. The van der Waals surface area contributed by atoms with E-state index < -0.39 is 0 Å². The largest absolute Gasteiger partial charge is 0.397 e. The summed E-state index contributed by atoms with van der Waals surface area (Å²) in [6.45, 7) is 0. The van der Waals surface area contributed by atoms with Crippen molar-refractivity contribution in [1.29, 1.82) is 0 Å². The highest BCUT2D eigenvalue weighted by Gasteiger charge is 2.11. The second-order valence-electron chi connectivity index (χ2n) is 2.97. The van der Waals surface area contributed by atoms with E-state index in [1.807, 2.05) is 0 Å². The number of nitrogen functional groups attached to an aromatic ring is 1. The summed E-state index contributed by atoms with van der Waals surface area (Å²) in [6, 6.07) is 1.67. The van der Waals surface area contributed by atoms with Gasteiger partial charge >= 0.3 is 0 Å². The average molecular weight is 167 g/mol. The van der Waals surface area contributed by atoms with Crippen LogP contribution in [0, 0.1) is 0 Å². The monoisotopic (exact) mass is 167 g/mol. The third-order valence-electron chi connectivity index (χ3n) is 1.65. The van der Waals surface area contributed by atoms with E-state index in [1.54, 1.807) is 38.0 Å². The third kappa shape index (κ3) is 1.42. The molecule has 1 aromatic heterocycles. The van der Waals surface area contributed by atoms with Crippen LogP contribution in [-0.2, 0) is 7.05 Å². The number of nitrogens with zero attached hydrogens (tertiary/aromatic N) is 2. The van der Waals surface area contributed by atoms with E-state index >= 15 is 0 Å². The van der Waals surface area contributed by atoms with Crippen molar-refractivity contribution in [3.8, 4) is 0 Å². The highest BCUT2D eigenvalue weighted by atomic mass is 16.2. The fourth-order valence-electron chi connectivity index (χ4n) is 1.03. The Bertz CT molecular complexity index is 301. The predicted octanol–water partition coefficient (Wildman–Crippen LogP) is 0.309. The first kappa shape index (κ1) is 8.64. The van der Waals surface area contributed by atoms with Gasteiger partial charge in [0.25, 0.3) is 5.91 Å². The summed E-state index contributed by atoms with van der Waals surface area (Å²) in [5.41, 5.74) is 6.75. The first-order valence-corrected chi connectivity index (χ1v) is 3.66. The molecule has 0 bridgehead atoms. The molecule has 1 amide bonds. The number of aromatic nitrogens is 1. The van der Waals surface area contributed by atoms with Crippen LogP contribution in [0.4, 0.5) is 5.69 Å². The van der Waals surface area contributed by atoms with Crippen LogP contribution in [0.25, 0.3) is 0 Å². The number of nitrogens with two attached hydrogens (primary N) is 1. The number of carbonyl (C=O) groups excluding carboxylic acids is 1.